The van der Waals surface area contributed by atoms with Gasteiger partial charge in [0.1, 0.15) is 11.6 Å². The van der Waals surface area contributed by atoms with Crippen LogP contribution in [0.3, 0.4) is 0 Å². The number of rotatable bonds is 4. The van der Waals surface area contributed by atoms with E-state index in [1.54, 1.807) is 0 Å². The van der Waals surface area contributed by atoms with Gasteiger partial charge in [-0.05, 0) is 41.7 Å². The lowest BCUT2D eigenvalue weighted by atomic mass is 9.96. The molecule has 1 atom stereocenters. The molecule has 2 aromatic carbocycles. The Hall–Kier alpha value is -0.740. The van der Waals surface area contributed by atoms with Gasteiger partial charge in [0.05, 0.1) is 4.83 Å². The highest BCUT2D eigenvalue weighted by Crippen LogP contribution is 2.36. The summed E-state index contributed by atoms with van der Waals surface area (Å²) in [6, 6.07) is 8.57. The van der Waals surface area contributed by atoms with E-state index in [4.69, 9.17) is 0 Å². The van der Waals surface area contributed by atoms with Crippen molar-refractivity contribution in [1.29, 1.82) is 0 Å². The third-order valence-corrected chi connectivity index (χ3v) is 5.03. The minimum atomic E-state index is -0.554. The molecular weight excluding hydrogens is 402 g/mol. The molecule has 0 aliphatic rings. The molecule has 0 aromatic heterocycles. The molecule has 2 rings (SSSR count). The second-order valence-electron chi connectivity index (χ2n) is 4.88. The maximum atomic E-state index is 14.1. The maximum Gasteiger partial charge on any atom is 0.131 e. The summed E-state index contributed by atoms with van der Waals surface area (Å²) in [4.78, 5) is -0.498. The van der Waals surface area contributed by atoms with Gasteiger partial charge in [0.2, 0.25) is 0 Å². The minimum absolute atomic E-state index is 0.0458. The molecule has 0 heterocycles. The molecule has 0 bridgehead atoms. The van der Waals surface area contributed by atoms with Gasteiger partial charge in [-0.25, -0.2) is 8.78 Å². The zero-order chi connectivity index (χ0) is 15.6. The van der Waals surface area contributed by atoms with E-state index in [0.717, 1.165) is 18.4 Å². The molecule has 1 unspecified atom stereocenters. The van der Waals surface area contributed by atoms with Crippen molar-refractivity contribution in [3.05, 3.63) is 68.7 Å². The van der Waals surface area contributed by atoms with Crippen molar-refractivity contribution in [1.82, 2.24) is 0 Å². The third kappa shape index (κ3) is 3.54. The Morgan fingerprint density at radius 3 is 2.05 bits per heavy atom. The molecule has 0 aliphatic heterocycles. The zero-order valence-corrected chi connectivity index (χ0v) is 15.1. The van der Waals surface area contributed by atoms with Gasteiger partial charge in [0.25, 0.3) is 0 Å². The smallest absolute Gasteiger partial charge is 0.131 e. The van der Waals surface area contributed by atoms with E-state index in [1.807, 2.05) is 18.2 Å². The average Bonchev–Trinajstić information content (AvgIpc) is 2.45. The number of halogens is 4. The fraction of sp³-hybridized carbons (Fsp3) is 0.294. The standard InChI is InChI=1S/C17H16Br2F2/c1-3-10-5-6-12(7-11(10)4-2)17(19)16-14(20)8-13(18)9-15(16)21/h5-9,17H,3-4H2,1-2H3. The zero-order valence-electron chi connectivity index (χ0n) is 11.9. The first-order valence-corrected chi connectivity index (χ1v) is 8.59. The molecule has 0 fully saturated rings. The van der Waals surface area contributed by atoms with E-state index >= 15 is 0 Å². The van der Waals surface area contributed by atoms with Crippen LogP contribution in [0.15, 0.2) is 34.8 Å². The average molecular weight is 418 g/mol. The molecule has 0 spiro atoms. The van der Waals surface area contributed by atoms with Gasteiger partial charge in [0.15, 0.2) is 0 Å². The van der Waals surface area contributed by atoms with Crippen molar-refractivity contribution >= 4 is 31.9 Å². The topological polar surface area (TPSA) is 0 Å². The molecule has 0 N–H and O–H groups in total. The molecule has 0 amide bonds. The Balaban J connectivity index is 2.47. The molecule has 0 saturated carbocycles. The molecule has 21 heavy (non-hydrogen) atoms. The summed E-state index contributed by atoms with van der Waals surface area (Å²) in [5.74, 6) is -1.11. The normalized spacial score (nSPS) is 12.5. The lowest BCUT2D eigenvalue weighted by Crippen LogP contribution is -2.02. The summed E-state index contributed by atoms with van der Waals surface area (Å²) in [7, 11) is 0. The van der Waals surface area contributed by atoms with Crippen LogP contribution in [0.25, 0.3) is 0 Å². The Morgan fingerprint density at radius 2 is 1.52 bits per heavy atom. The number of hydrogen-bond donors (Lipinski definition) is 0. The monoisotopic (exact) mass is 416 g/mol. The molecular formula is C17H16Br2F2. The second-order valence-corrected chi connectivity index (χ2v) is 6.71. The highest BCUT2D eigenvalue weighted by atomic mass is 79.9. The lowest BCUT2D eigenvalue weighted by Gasteiger charge is -2.16. The molecule has 4 heteroatoms. The molecule has 2 aromatic rings. The van der Waals surface area contributed by atoms with Crippen molar-refractivity contribution in [2.45, 2.75) is 31.5 Å². The first-order valence-electron chi connectivity index (χ1n) is 6.88. The van der Waals surface area contributed by atoms with Crippen LogP contribution < -0.4 is 0 Å². The minimum Gasteiger partial charge on any atom is -0.206 e. The van der Waals surface area contributed by atoms with Gasteiger partial charge in [-0.3, -0.25) is 0 Å². The predicted octanol–water partition coefficient (Wildman–Crippen LogP) is 6.34. The van der Waals surface area contributed by atoms with Crippen LogP contribution in [0.5, 0.6) is 0 Å². The van der Waals surface area contributed by atoms with Crippen LogP contribution in [0.2, 0.25) is 0 Å². The number of benzene rings is 2. The van der Waals surface area contributed by atoms with Gasteiger partial charge in [-0.15, -0.1) is 0 Å². The first-order chi connectivity index (χ1) is 9.97. The van der Waals surface area contributed by atoms with Crippen molar-refractivity contribution in [3.63, 3.8) is 0 Å². The highest BCUT2D eigenvalue weighted by molar-refractivity contribution is 9.10. The molecule has 0 radical (unpaired) electrons. The third-order valence-electron chi connectivity index (χ3n) is 3.58. The van der Waals surface area contributed by atoms with E-state index < -0.39 is 16.5 Å². The van der Waals surface area contributed by atoms with Crippen molar-refractivity contribution < 1.29 is 8.78 Å². The van der Waals surface area contributed by atoms with Gasteiger partial charge in [-0.1, -0.05) is 63.9 Å². The summed E-state index contributed by atoms with van der Waals surface area (Å²) in [6.07, 6.45) is 1.86. The van der Waals surface area contributed by atoms with Gasteiger partial charge >= 0.3 is 0 Å². The molecule has 0 aliphatic carbocycles. The van der Waals surface area contributed by atoms with Crippen LogP contribution in [0.1, 0.15) is 40.9 Å². The van der Waals surface area contributed by atoms with Crippen LogP contribution in [-0.4, -0.2) is 0 Å². The number of hydrogen-bond acceptors (Lipinski definition) is 0. The van der Waals surface area contributed by atoms with Crippen LogP contribution in [0.4, 0.5) is 8.78 Å². The summed E-state index contributed by atoms with van der Waals surface area (Å²) in [6.45, 7) is 4.19. The van der Waals surface area contributed by atoms with Crippen molar-refractivity contribution in [2.75, 3.05) is 0 Å². The molecule has 112 valence electrons. The molecule has 0 nitrogen and oxygen atoms in total. The van der Waals surface area contributed by atoms with E-state index in [0.29, 0.717) is 4.47 Å². The van der Waals surface area contributed by atoms with E-state index in [1.165, 1.54) is 23.3 Å². The SMILES string of the molecule is CCc1ccc(C(Br)c2c(F)cc(Br)cc2F)cc1CC. The number of aryl methyl sites for hydroxylation is 2. The quantitative estimate of drug-likeness (QED) is 0.509. The maximum absolute atomic E-state index is 14.1. The van der Waals surface area contributed by atoms with E-state index in [-0.39, 0.29) is 5.56 Å². The Morgan fingerprint density at radius 1 is 0.952 bits per heavy atom. The summed E-state index contributed by atoms with van der Waals surface area (Å²) < 4.78 is 28.6. The van der Waals surface area contributed by atoms with Gasteiger partial charge in [0, 0.05) is 10.0 Å². The van der Waals surface area contributed by atoms with E-state index in [9.17, 15) is 8.78 Å². The van der Waals surface area contributed by atoms with Gasteiger partial charge in [-0.2, -0.15) is 0 Å². The summed E-state index contributed by atoms with van der Waals surface area (Å²) in [5, 5.41) is 0. The molecule has 0 saturated heterocycles. The fourth-order valence-electron chi connectivity index (χ4n) is 2.44. The lowest BCUT2D eigenvalue weighted by molar-refractivity contribution is 0.559. The summed E-state index contributed by atoms with van der Waals surface area (Å²) in [5.41, 5.74) is 3.41. The van der Waals surface area contributed by atoms with Crippen molar-refractivity contribution in [2.24, 2.45) is 0 Å². The van der Waals surface area contributed by atoms with Crippen LogP contribution >= 0.6 is 31.9 Å². The van der Waals surface area contributed by atoms with Crippen molar-refractivity contribution in [3.8, 4) is 0 Å². The Bertz CT molecular complexity index is 630. The Labute approximate surface area is 140 Å². The first kappa shape index (κ1) is 16.6. The van der Waals surface area contributed by atoms with Crippen LogP contribution in [0, 0.1) is 11.6 Å². The predicted molar refractivity (Wildman–Crippen MR) is 90.0 cm³/mol. The summed E-state index contributed by atoms with van der Waals surface area (Å²) >= 11 is 6.53. The Kier molecular flexibility index (Phi) is 5.55. The highest BCUT2D eigenvalue weighted by Gasteiger charge is 2.21. The largest absolute Gasteiger partial charge is 0.206 e. The van der Waals surface area contributed by atoms with E-state index in [2.05, 4.69) is 45.7 Å². The fourth-order valence-corrected chi connectivity index (χ4v) is 3.56. The number of alkyl halides is 1. The van der Waals surface area contributed by atoms with Crippen LogP contribution in [-0.2, 0) is 12.8 Å². The second kappa shape index (κ2) is 7.01. The van der Waals surface area contributed by atoms with Gasteiger partial charge < -0.3 is 0 Å².